The van der Waals surface area contributed by atoms with Crippen LogP contribution < -0.4 is 11.5 Å². The fraction of sp³-hybridized carbons (Fsp3) is 0.583. The summed E-state index contributed by atoms with van der Waals surface area (Å²) >= 11 is 0. The molecule has 19 heteroatoms. The summed E-state index contributed by atoms with van der Waals surface area (Å²) in [5.41, 5.74) is 9.33. The van der Waals surface area contributed by atoms with Gasteiger partial charge in [-0.05, 0) is 74.4 Å². The average Bonchev–Trinajstić information content (AvgIpc) is 4.09. The van der Waals surface area contributed by atoms with Crippen LogP contribution in [0.5, 0.6) is 0 Å². The summed E-state index contributed by atoms with van der Waals surface area (Å²) in [6.07, 6.45) is 6.07. The lowest BCUT2D eigenvalue weighted by molar-refractivity contribution is -0.149. The average molecular weight is 957 g/mol. The summed E-state index contributed by atoms with van der Waals surface area (Å²) in [5, 5.41) is 30.1. The maximum Gasteiger partial charge on any atom is 0.228 e. The highest BCUT2D eigenvalue weighted by Gasteiger charge is 2.69. The van der Waals surface area contributed by atoms with Crippen LogP contribution in [0.3, 0.4) is 0 Å². The molecular formula is C48H72N10O7Si2. The third-order valence-corrected chi connectivity index (χ3v) is 24.0. The summed E-state index contributed by atoms with van der Waals surface area (Å²) in [4.78, 5) is 8.14. The molecule has 0 spiro atoms. The van der Waals surface area contributed by atoms with Crippen molar-refractivity contribution in [1.29, 1.82) is 10.5 Å². The standard InChI is InChI=1S/C26H45N5O3Si2.C22H27N5O4/c1-9-35(10-2,11-3)32-17-22-20(7)25(8,34-36(12-4,13-5)14-6)26(18-27,33-22)23-16-15-21-24(28)29-19-30-31(21)23;1-5-10-28-13-17-19(29-11-6-2)21(4,30-12-7-3)22(14-23,31-17)18-9-8-16-20(24)25-15-26-27(16)18/h15-16,19-20,22H,9-14,17H2,1-8H3,(H2,28,29,30);5-9,15,17,19H,1-3,10-13H2,4H3,(H2,24,25,26)/t20-,22-,25-,26+;17-,19-,21-,22+/m11/s1. The smallest absolute Gasteiger partial charge is 0.228 e. The van der Waals surface area contributed by atoms with E-state index in [1.54, 1.807) is 46.3 Å². The molecule has 0 saturated carbocycles. The number of fused-ring (bicyclic) bond motifs is 2. The van der Waals surface area contributed by atoms with Gasteiger partial charge in [0.15, 0.2) is 28.3 Å². The van der Waals surface area contributed by atoms with Gasteiger partial charge in [0.2, 0.25) is 11.2 Å². The Bertz CT molecular complexity index is 2400. The first kappa shape index (κ1) is 53.2. The molecule has 0 radical (unpaired) electrons. The van der Waals surface area contributed by atoms with Crippen LogP contribution in [0.4, 0.5) is 11.6 Å². The minimum absolute atomic E-state index is 0.0734. The number of hydrogen-bond acceptors (Lipinski definition) is 15. The van der Waals surface area contributed by atoms with Gasteiger partial charge in [-0.3, -0.25) is 0 Å². The number of rotatable bonds is 23. The number of aromatic nitrogens is 6. The molecule has 6 rings (SSSR count). The van der Waals surface area contributed by atoms with Crippen LogP contribution in [0, 0.1) is 28.6 Å². The minimum Gasteiger partial charge on any atom is -0.414 e. The van der Waals surface area contributed by atoms with Gasteiger partial charge in [0.25, 0.3) is 0 Å². The fourth-order valence-electron chi connectivity index (χ4n) is 9.86. The Morgan fingerprint density at radius 3 is 1.64 bits per heavy atom. The van der Waals surface area contributed by atoms with Crippen molar-refractivity contribution in [3.05, 3.63) is 86.3 Å². The van der Waals surface area contributed by atoms with E-state index in [1.807, 2.05) is 12.1 Å². The molecule has 8 atom stereocenters. The van der Waals surface area contributed by atoms with Crippen molar-refractivity contribution < 1.29 is 32.5 Å². The number of ether oxygens (including phenoxy) is 5. The number of nitrogens with zero attached hydrogens (tertiary/aromatic N) is 8. The van der Waals surface area contributed by atoms with Crippen molar-refractivity contribution in [2.24, 2.45) is 5.92 Å². The highest BCUT2D eigenvalue weighted by atomic mass is 28.4. The normalized spacial score (nSPS) is 27.3. The Morgan fingerprint density at radius 2 is 1.18 bits per heavy atom. The first-order chi connectivity index (χ1) is 32.1. The van der Waals surface area contributed by atoms with Crippen molar-refractivity contribution in [1.82, 2.24) is 29.2 Å². The van der Waals surface area contributed by atoms with Gasteiger partial charge in [-0.1, -0.05) is 66.7 Å². The Morgan fingerprint density at radius 1 is 0.701 bits per heavy atom. The zero-order chi connectivity index (χ0) is 49.3. The predicted molar refractivity (Wildman–Crippen MR) is 264 cm³/mol. The van der Waals surface area contributed by atoms with Crippen molar-refractivity contribution in [2.45, 2.75) is 139 Å². The van der Waals surface area contributed by atoms with E-state index in [0.29, 0.717) is 41.5 Å². The molecule has 2 aliphatic rings. The molecule has 2 fully saturated rings. The molecule has 2 saturated heterocycles. The van der Waals surface area contributed by atoms with Crippen LogP contribution in [0.15, 0.2) is 74.9 Å². The molecule has 4 N–H and O–H groups in total. The molecule has 2 aliphatic heterocycles. The molecule has 6 heterocycles. The largest absolute Gasteiger partial charge is 0.414 e. The lowest BCUT2D eigenvalue weighted by atomic mass is 9.76. The number of nitriles is 2. The number of nitrogens with two attached hydrogens (primary N) is 2. The van der Waals surface area contributed by atoms with Crippen molar-refractivity contribution in [2.75, 3.05) is 44.5 Å². The lowest BCUT2D eigenvalue weighted by Gasteiger charge is -2.45. The van der Waals surface area contributed by atoms with Crippen molar-refractivity contribution in [3.63, 3.8) is 0 Å². The van der Waals surface area contributed by atoms with Crippen LogP contribution in [-0.2, 0) is 43.7 Å². The molecule has 0 aromatic carbocycles. The van der Waals surface area contributed by atoms with Gasteiger partial charge in [-0.25, -0.2) is 19.0 Å². The van der Waals surface area contributed by atoms with E-state index in [1.165, 1.54) is 12.7 Å². The Balaban J connectivity index is 0.000000254. The van der Waals surface area contributed by atoms with Crippen molar-refractivity contribution >= 4 is 39.3 Å². The molecule has 0 bridgehead atoms. The van der Waals surface area contributed by atoms with Gasteiger partial charge in [0.05, 0.1) is 50.5 Å². The molecule has 67 heavy (non-hydrogen) atoms. The molecule has 0 unspecified atom stereocenters. The number of hydrogen-bond donors (Lipinski definition) is 2. The molecular weight excluding hydrogens is 885 g/mol. The second-order valence-corrected chi connectivity index (χ2v) is 27.1. The van der Waals surface area contributed by atoms with Gasteiger partial charge >= 0.3 is 0 Å². The van der Waals surface area contributed by atoms with Crippen LogP contribution >= 0.6 is 0 Å². The van der Waals surface area contributed by atoms with Gasteiger partial charge in [-0.2, -0.15) is 20.7 Å². The Kier molecular flexibility index (Phi) is 17.5. The summed E-state index contributed by atoms with van der Waals surface area (Å²) in [6, 6.07) is 18.3. The predicted octanol–water partition coefficient (Wildman–Crippen LogP) is 8.03. The third kappa shape index (κ3) is 9.38. The summed E-state index contributed by atoms with van der Waals surface area (Å²) in [5.74, 6) is 0.573. The second kappa shape index (κ2) is 22.1. The molecule has 4 aromatic rings. The summed E-state index contributed by atoms with van der Waals surface area (Å²) in [6.45, 7) is 31.8. The van der Waals surface area contributed by atoms with Crippen molar-refractivity contribution in [3.8, 4) is 12.1 Å². The van der Waals surface area contributed by atoms with E-state index < -0.39 is 51.2 Å². The van der Waals surface area contributed by atoms with Gasteiger partial charge < -0.3 is 44.0 Å². The first-order valence-electron chi connectivity index (χ1n) is 23.4. The van der Waals surface area contributed by atoms with E-state index in [9.17, 15) is 10.5 Å². The Hall–Kier alpha value is -4.81. The third-order valence-electron chi connectivity index (χ3n) is 14.6. The molecule has 4 aromatic heterocycles. The molecule has 0 aliphatic carbocycles. The fourth-order valence-corrected chi connectivity index (χ4v) is 15.6. The summed E-state index contributed by atoms with van der Waals surface area (Å²) < 4.78 is 48.4. The molecule has 0 amide bonds. The lowest BCUT2D eigenvalue weighted by Crippen LogP contribution is -2.57. The number of anilines is 2. The van der Waals surface area contributed by atoms with Crippen LogP contribution in [0.25, 0.3) is 11.0 Å². The SMILES string of the molecule is C=CCOC[C@H]1O[C@@](C#N)(c2ccc3c(N)ncnn23)[C@](C)(OCC=C)[C@@H]1OCC=C.CC[Si](CC)(CC)OC[C@H]1O[C@@](C#N)(c2ccc3c(N)ncnn23)[C@](C)(O[Si](CC)(CC)CC)[C@@H]1C. The molecule has 17 nitrogen and oxygen atoms in total. The highest BCUT2D eigenvalue weighted by Crippen LogP contribution is 2.55. The Labute approximate surface area is 398 Å². The maximum atomic E-state index is 10.9. The van der Waals surface area contributed by atoms with Gasteiger partial charge in [0, 0.05) is 5.92 Å². The number of nitrogen functional groups attached to an aromatic ring is 2. The topological polar surface area (TPSA) is 225 Å². The van der Waals surface area contributed by atoms with E-state index in [4.69, 9.17) is 44.0 Å². The van der Waals surface area contributed by atoms with E-state index >= 15 is 0 Å². The molecule has 364 valence electrons. The maximum absolute atomic E-state index is 10.9. The van der Waals surface area contributed by atoms with Crippen LogP contribution in [0.2, 0.25) is 36.3 Å². The quantitative estimate of drug-likeness (QED) is 0.0408. The van der Waals surface area contributed by atoms with Gasteiger partial charge in [0.1, 0.15) is 59.2 Å². The van der Waals surface area contributed by atoms with Crippen LogP contribution in [0.1, 0.15) is 73.7 Å². The zero-order valence-corrected chi connectivity index (χ0v) is 43.0. The van der Waals surface area contributed by atoms with E-state index in [0.717, 1.165) is 36.3 Å². The minimum atomic E-state index is -2.13. The monoisotopic (exact) mass is 957 g/mol. The second-order valence-electron chi connectivity index (χ2n) is 17.6. The van der Waals surface area contributed by atoms with Gasteiger partial charge in [-0.15, -0.1) is 19.7 Å². The van der Waals surface area contributed by atoms with E-state index in [2.05, 4.69) is 107 Å². The zero-order valence-electron chi connectivity index (χ0n) is 41.0. The highest BCUT2D eigenvalue weighted by molar-refractivity contribution is 6.74. The van der Waals surface area contributed by atoms with E-state index in [-0.39, 0.29) is 37.7 Å². The van der Waals surface area contributed by atoms with Crippen LogP contribution in [-0.4, -0.2) is 108 Å². The summed E-state index contributed by atoms with van der Waals surface area (Å²) in [7, 11) is -3.97. The first-order valence-corrected chi connectivity index (χ1v) is 28.5.